The predicted octanol–water partition coefficient (Wildman–Crippen LogP) is 5.88. The molecule has 3 aromatic rings. The second-order valence-corrected chi connectivity index (χ2v) is 7.74. The van der Waals surface area contributed by atoms with Gasteiger partial charge in [0.2, 0.25) is 0 Å². The smallest absolute Gasteiger partial charge is 0.0376 e. The molecule has 0 aliphatic rings. The summed E-state index contributed by atoms with van der Waals surface area (Å²) in [4.78, 5) is 0. The van der Waals surface area contributed by atoms with Gasteiger partial charge in [-0.2, -0.15) is 0 Å². The van der Waals surface area contributed by atoms with Crippen molar-refractivity contribution in [2.24, 2.45) is 0 Å². The zero-order valence-electron chi connectivity index (χ0n) is 17.3. The Bertz CT molecular complexity index is 938. The topological polar surface area (TPSA) is 52.0 Å². The molecule has 0 aliphatic heterocycles. The Labute approximate surface area is 163 Å². The van der Waals surface area contributed by atoms with Crippen LogP contribution in [0.15, 0.2) is 42.5 Å². The molecule has 0 aliphatic carbocycles. The number of benzene rings is 3. The fraction of sp³-hybridized carbons (Fsp3) is 0.280. The highest BCUT2D eigenvalue weighted by Gasteiger charge is 2.24. The third-order valence-corrected chi connectivity index (χ3v) is 6.15. The highest BCUT2D eigenvalue weighted by molar-refractivity contribution is 5.65. The van der Waals surface area contributed by atoms with Gasteiger partial charge in [0.1, 0.15) is 0 Å². The van der Waals surface area contributed by atoms with Gasteiger partial charge in [0.15, 0.2) is 0 Å². The van der Waals surface area contributed by atoms with Crippen LogP contribution in [0.4, 0.5) is 11.4 Å². The van der Waals surface area contributed by atoms with E-state index in [1.54, 1.807) is 0 Å². The first-order valence-electron chi connectivity index (χ1n) is 9.51. The minimum Gasteiger partial charge on any atom is -0.398 e. The van der Waals surface area contributed by atoms with E-state index in [0.29, 0.717) is 0 Å². The molecule has 0 radical (unpaired) electrons. The molecule has 2 nitrogen and oxygen atoms in total. The van der Waals surface area contributed by atoms with E-state index in [1.165, 1.54) is 38.9 Å². The maximum atomic E-state index is 6.31. The van der Waals surface area contributed by atoms with Crippen LogP contribution in [0, 0.1) is 41.5 Å². The van der Waals surface area contributed by atoms with E-state index in [4.69, 9.17) is 11.5 Å². The lowest BCUT2D eigenvalue weighted by atomic mass is 9.78. The van der Waals surface area contributed by atoms with E-state index in [9.17, 15) is 0 Å². The van der Waals surface area contributed by atoms with Gasteiger partial charge in [0.25, 0.3) is 0 Å². The first-order valence-corrected chi connectivity index (χ1v) is 9.51. The molecule has 0 spiro atoms. The van der Waals surface area contributed by atoms with E-state index < -0.39 is 0 Å². The summed E-state index contributed by atoms with van der Waals surface area (Å²) in [5, 5.41) is 0. The Balaban J connectivity index is 2.37. The van der Waals surface area contributed by atoms with Crippen molar-refractivity contribution >= 4 is 11.4 Å². The predicted molar refractivity (Wildman–Crippen MR) is 118 cm³/mol. The molecule has 0 bridgehead atoms. The van der Waals surface area contributed by atoms with Crippen molar-refractivity contribution in [1.82, 2.24) is 0 Å². The average Bonchev–Trinajstić information content (AvgIpc) is 2.67. The number of rotatable bonds is 3. The quantitative estimate of drug-likeness (QED) is 0.453. The summed E-state index contributed by atoms with van der Waals surface area (Å²) in [6, 6.07) is 15.2. The molecule has 0 fully saturated rings. The van der Waals surface area contributed by atoms with Crippen LogP contribution in [0.2, 0.25) is 0 Å². The Hall–Kier alpha value is -2.74. The molecule has 0 saturated carbocycles. The SMILES string of the molecule is Cc1cc(C(c2ccccc2)c2cc(C)c(N)c(C)c2C)c(C)c(C)c1N. The minimum atomic E-state index is 0.155. The third-order valence-electron chi connectivity index (χ3n) is 6.15. The molecule has 0 atom stereocenters. The van der Waals surface area contributed by atoms with E-state index >= 15 is 0 Å². The fourth-order valence-electron chi connectivity index (χ4n) is 4.04. The van der Waals surface area contributed by atoms with Gasteiger partial charge in [-0.1, -0.05) is 42.5 Å². The zero-order valence-corrected chi connectivity index (χ0v) is 17.3. The van der Waals surface area contributed by atoms with Crippen molar-refractivity contribution < 1.29 is 0 Å². The molecule has 3 aromatic carbocycles. The van der Waals surface area contributed by atoms with Gasteiger partial charge in [0.05, 0.1) is 0 Å². The minimum absolute atomic E-state index is 0.155. The molecule has 0 aromatic heterocycles. The number of nitrogens with two attached hydrogens (primary N) is 2. The molecule has 0 heterocycles. The van der Waals surface area contributed by atoms with E-state index in [1.807, 2.05) is 0 Å². The normalized spacial score (nSPS) is 11.2. The van der Waals surface area contributed by atoms with Gasteiger partial charge in [-0.05, 0) is 91.6 Å². The monoisotopic (exact) mass is 358 g/mol. The lowest BCUT2D eigenvalue weighted by Crippen LogP contribution is -2.12. The Kier molecular flexibility index (Phi) is 5.01. The van der Waals surface area contributed by atoms with Crippen molar-refractivity contribution in [2.45, 2.75) is 47.5 Å². The lowest BCUT2D eigenvalue weighted by molar-refractivity contribution is 0.936. The fourth-order valence-corrected chi connectivity index (χ4v) is 4.04. The Morgan fingerprint density at radius 3 is 1.41 bits per heavy atom. The van der Waals surface area contributed by atoms with Crippen LogP contribution in [0.1, 0.15) is 56.0 Å². The van der Waals surface area contributed by atoms with Gasteiger partial charge < -0.3 is 11.5 Å². The van der Waals surface area contributed by atoms with Crippen LogP contribution in [0.25, 0.3) is 0 Å². The maximum absolute atomic E-state index is 6.31. The Morgan fingerprint density at radius 2 is 1.00 bits per heavy atom. The third kappa shape index (κ3) is 3.21. The number of anilines is 2. The lowest BCUT2D eigenvalue weighted by Gasteiger charge is -2.27. The summed E-state index contributed by atoms with van der Waals surface area (Å²) in [5.74, 6) is 0.155. The van der Waals surface area contributed by atoms with Crippen molar-refractivity contribution in [3.05, 3.63) is 92.5 Å². The molecular weight excluding hydrogens is 328 g/mol. The summed E-state index contributed by atoms with van der Waals surface area (Å²) >= 11 is 0. The zero-order chi connectivity index (χ0) is 19.9. The molecule has 2 heteroatoms. The summed E-state index contributed by atoms with van der Waals surface area (Å²) < 4.78 is 0. The molecule has 140 valence electrons. The van der Waals surface area contributed by atoms with Gasteiger partial charge in [-0.3, -0.25) is 0 Å². The summed E-state index contributed by atoms with van der Waals surface area (Å²) in [6.45, 7) is 12.8. The second kappa shape index (κ2) is 7.11. The van der Waals surface area contributed by atoms with E-state index in [2.05, 4.69) is 84.0 Å². The first kappa shape index (κ1) is 19.0. The molecule has 0 amide bonds. The van der Waals surface area contributed by atoms with Crippen molar-refractivity contribution in [3.8, 4) is 0 Å². The molecular formula is C25H30N2. The van der Waals surface area contributed by atoms with Crippen molar-refractivity contribution in [2.75, 3.05) is 11.5 Å². The number of hydrogen-bond acceptors (Lipinski definition) is 2. The highest BCUT2D eigenvalue weighted by Crippen LogP contribution is 2.40. The van der Waals surface area contributed by atoms with Gasteiger partial charge in [-0.15, -0.1) is 0 Å². The summed E-state index contributed by atoms with van der Waals surface area (Å²) in [7, 11) is 0. The second-order valence-electron chi connectivity index (χ2n) is 7.74. The standard InChI is InChI=1S/C25H30N2/c1-14-12-21(16(3)18(5)24(14)26)23(20-10-8-7-9-11-20)22-13-15(2)25(27)19(6)17(22)4/h7-13,23H,26-27H2,1-6H3. The maximum Gasteiger partial charge on any atom is 0.0376 e. The average molecular weight is 359 g/mol. The summed E-state index contributed by atoms with van der Waals surface area (Å²) in [6.07, 6.45) is 0. The first-order chi connectivity index (χ1) is 12.7. The van der Waals surface area contributed by atoms with E-state index in [0.717, 1.165) is 22.5 Å². The molecule has 27 heavy (non-hydrogen) atoms. The van der Waals surface area contributed by atoms with Crippen LogP contribution in [0.5, 0.6) is 0 Å². The number of hydrogen-bond donors (Lipinski definition) is 2. The van der Waals surface area contributed by atoms with Crippen LogP contribution in [-0.2, 0) is 0 Å². The summed E-state index contributed by atoms with van der Waals surface area (Å²) in [5.41, 5.74) is 25.5. The molecule has 0 saturated heterocycles. The molecule has 0 unspecified atom stereocenters. The van der Waals surface area contributed by atoms with Gasteiger partial charge in [0, 0.05) is 17.3 Å². The van der Waals surface area contributed by atoms with Crippen molar-refractivity contribution in [3.63, 3.8) is 0 Å². The molecule has 4 N–H and O–H groups in total. The van der Waals surface area contributed by atoms with Crippen molar-refractivity contribution in [1.29, 1.82) is 0 Å². The Morgan fingerprint density at radius 1 is 0.593 bits per heavy atom. The van der Waals surface area contributed by atoms with Crippen LogP contribution >= 0.6 is 0 Å². The largest absolute Gasteiger partial charge is 0.398 e. The molecule has 3 rings (SSSR count). The van der Waals surface area contributed by atoms with Crippen LogP contribution in [-0.4, -0.2) is 0 Å². The van der Waals surface area contributed by atoms with E-state index in [-0.39, 0.29) is 5.92 Å². The van der Waals surface area contributed by atoms with Crippen LogP contribution < -0.4 is 11.5 Å². The number of nitrogen functional groups attached to an aromatic ring is 2. The van der Waals surface area contributed by atoms with Gasteiger partial charge >= 0.3 is 0 Å². The van der Waals surface area contributed by atoms with Crippen LogP contribution in [0.3, 0.4) is 0 Å². The number of aryl methyl sites for hydroxylation is 2. The highest BCUT2D eigenvalue weighted by atomic mass is 14.6. The van der Waals surface area contributed by atoms with Gasteiger partial charge in [-0.25, -0.2) is 0 Å².